The molecule has 0 radical (unpaired) electrons. The molecule has 0 spiro atoms. The number of nitrogens with one attached hydrogen (secondary N) is 2. The molecule has 1 saturated carbocycles. The van der Waals surface area contributed by atoms with Crippen LogP contribution in [0, 0.1) is 0 Å². The third kappa shape index (κ3) is 3.72. The molecule has 6 heteroatoms. The molecule has 1 aromatic rings. The molecule has 2 amide bonds. The second kappa shape index (κ2) is 6.58. The summed E-state index contributed by atoms with van der Waals surface area (Å²) in [7, 11) is 1.60. The van der Waals surface area contributed by atoms with E-state index in [0.717, 1.165) is 18.4 Å². The highest BCUT2D eigenvalue weighted by atomic mass is 16.5. The summed E-state index contributed by atoms with van der Waals surface area (Å²) in [5.41, 5.74) is 0.415. The Bertz CT molecular complexity index is 524. The number of hydrogen-bond acceptors (Lipinski definition) is 3. The van der Waals surface area contributed by atoms with E-state index in [-0.39, 0.29) is 0 Å². The van der Waals surface area contributed by atoms with Crippen LogP contribution in [0.4, 0.5) is 10.5 Å². The fraction of sp³-hybridized carbons (Fsp3) is 0.467. The van der Waals surface area contributed by atoms with Crippen molar-refractivity contribution in [3.05, 3.63) is 29.8 Å². The van der Waals surface area contributed by atoms with Crippen molar-refractivity contribution in [2.24, 2.45) is 0 Å². The first-order chi connectivity index (χ1) is 10.1. The zero-order chi connectivity index (χ0) is 15.3. The van der Waals surface area contributed by atoms with Crippen molar-refractivity contribution in [2.45, 2.75) is 37.8 Å². The molecule has 0 atom stereocenters. The lowest BCUT2D eigenvalue weighted by molar-refractivity contribution is -0.144. The van der Waals surface area contributed by atoms with Crippen molar-refractivity contribution in [3.63, 3.8) is 0 Å². The van der Waals surface area contributed by atoms with E-state index >= 15 is 0 Å². The van der Waals surface area contributed by atoms with Gasteiger partial charge in [-0.1, -0.05) is 25.0 Å². The van der Waals surface area contributed by atoms with Crippen LogP contribution in [0.2, 0.25) is 0 Å². The topological polar surface area (TPSA) is 87.7 Å². The van der Waals surface area contributed by atoms with E-state index in [1.807, 2.05) is 12.1 Å². The number of amides is 2. The summed E-state index contributed by atoms with van der Waals surface area (Å²) < 4.78 is 5.04. The molecule has 1 fully saturated rings. The number of rotatable bonds is 5. The van der Waals surface area contributed by atoms with Gasteiger partial charge in [0.1, 0.15) is 5.54 Å². The second-order valence-electron chi connectivity index (χ2n) is 5.31. The zero-order valence-corrected chi connectivity index (χ0v) is 12.0. The van der Waals surface area contributed by atoms with Crippen LogP contribution in [0.3, 0.4) is 0 Å². The normalized spacial score (nSPS) is 16.4. The molecule has 2 rings (SSSR count). The maximum Gasteiger partial charge on any atom is 0.329 e. The number of anilines is 1. The van der Waals surface area contributed by atoms with Gasteiger partial charge in [-0.25, -0.2) is 9.59 Å². The van der Waals surface area contributed by atoms with Crippen LogP contribution in [0.1, 0.15) is 31.2 Å². The fourth-order valence-electron chi connectivity index (χ4n) is 2.66. The SMILES string of the molecule is COCc1cccc(NC(=O)NC2(C(=O)O)CCCC2)c1. The molecular weight excluding hydrogens is 272 g/mol. The van der Waals surface area contributed by atoms with Crippen LogP contribution in [-0.2, 0) is 16.1 Å². The van der Waals surface area contributed by atoms with Gasteiger partial charge in [-0.15, -0.1) is 0 Å². The quantitative estimate of drug-likeness (QED) is 0.777. The van der Waals surface area contributed by atoms with E-state index in [2.05, 4.69) is 10.6 Å². The van der Waals surface area contributed by atoms with Crippen LogP contribution in [0.15, 0.2) is 24.3 Å². The molecule has 0 aliphatic heterocycles. The molecule has 21 heavy (non-hydrogen) atoms. The van der Waals surface area contributed by atoms with Gasteiger partial charge < -0.3 is 20.5 Å². The highest BCUT2D eigenvalue weighted by Crippen LogP contribution is 2.30. The number of methoxy groups -OCH3 is 1. The minimum Gasteiger partial charge on any atom is -0.480 e. The third-order valence-electron chi connectivity index (χ3n) is 3.72. The Morgan fingerprint density at radius 3 is 2.67 bits per heavy atom. The van der Waals surface area contributed by atoms with E-state index in [9.17, 15) is 14.7 Å². The largest absolute Gasteiger partial charge is 0.480 e. The second-order valence-corrected chi connectivity index (χ2v) is 5.31. The molecular formula is C15H20N2O4. The van der Waals surface area contributed by atoms with Crippen molar-refractivity contribution in [1.29, 1.82) is 0 Å². The van der Waals surface area contributed by atoms with Crippen LogP contribution in [-0.4, -0.2) is 29.8 Å². The van der Waals surface area contributed by atoms with Gasteiger partial charge in [-0.2, -0.15) is 0 Å². The van der Waals surface area contributed by atoms with Crippen molar-refractivity contribution >= 4 is 17.7 Å². The number of carboxylic acid groups (broad SMARTS) is 1. The van der Waals surface area contributed by atoms with Crippen LogP contribution in [0.5, 0.6) is 0 Å². The molecule has 0 bridgehead atoms. The number of benzene rings is 1. The Morgan fingerprint density at radius 1 is 1.33 bits per heavy atom. The predicted octanol–water partition coefficient (Wildman–Crippen LogP) is 2.35. The van der Waals surface area contributed by atoms with Crippen LogP contribution < -0.4 is 10.6 Å². The van der Waals surface area contributed by atoms with E-state index in [4.69, 9.17) is 4.74 Å². The maximum atomic E-state index is 12.0. The number of hydrogen-bond donors (Lipinski definition) is 3. The van der Waals surface area contributed by atoms with Gasteiger partial charge in [0, 0.05) is 12.8 Å². The number of carbonyl (C=O) groups excluding carboxylic acids is 1. The number of ether oxygens (including phenoxy) is 1. The van der Waals surface area contributed by atoms with Gasteiger partial charge in [0.2, 0.25) is 0 Å². The van der Waals surface area contributed by atoms with Gasteiger partial charge in [0.15, 0.2) is 0 Å². The Labute approximate surface area is 123 Å². The third-order valence-corrected chi connectivity index (χ3v) is 3.72. The molecule has 6 nitrogen and oxygen atoms in total. The van der Waals surface area contributed by atoms with Gasteiger partial charge in [0.05, 0.1) is 6.61 Å². The van der Waals surface area contributed by atoms with Crippen molar-refractivity contribution in [1.82, 2.24) is 5.32 Å². The smallest absolute Gasteiger partial charge is 0.329 e. The summed E-state index contributed by atoms with van der Waals surface area (Å²) in [4.78, 5) is 23.4. The molecule has 114 valence electrons. The minimum atomic E-state index is -1.13. The van der Waals surface area contributed by atoms with E-state index in [1.54, 1.807) is 19.2 Å². The van der Waals surface area contributed by atoms with E-state index < -0.39 is 17.5 Å². The first-order valence-corrected chi connectivity index (χ1v) is 6.96. The lowest BCUT2D eigenvalue weighted by atomic mass is 9.98. The Kier molecular flexibility index (Phi) is 4.80. The van der Waals surface area contributed by atoms with Crippen LogP contribution >= 0.6 is 0 Å². The van der Waals surface area contributed by atoms with Gasteiger partial charge >= 0.3 is 12.0 Å². The Hall–Kier alpha value is -2.08. The molecule has 1 aliphatic carbocycles. The number of urea groups is 1. The lowest BCUT2D eigenvalue weighted by Crippen LogP contribution is -2.53. The Morgan fingerprint density at radius 2 is 2.05 bits per heavy atom. The summed E-state index contributed by atoms with van der Waals surface area (Å²) in [6, 6.07) is 6.76. The summed E-state index contributed by atoms with van der Waals surface area (Å²) in [6.45, 7) is 0.455. The minimum absolute atomic E-state index is 0.455. The molecule has 3 N–H and O–H groups in total. The van der Waals surface area contributed by atoms with E-state index in [1.165, 1.54) is 0 Å². The summed E-state index contributed by atoms with van der Waals surface area (Å²) in [5.74, 6) is -0.969. The monoisotopic (exact) mass is 292 g/mol. The first kappa shape index (κ1) is 15.3. The number of aliphatic carboxylic acids is 1. The lowest BCUT2D eigenvalue weighted by Gasteiger charge is -2.25. The van der Waals surface area contributed by atoms with Crippen molar-refractivity contribution in [3.8, 4) is 0 Å². The average Bonchev–Trinajstić information content (AvgIpc) is 2.89. The average molecular weight is 292 g/mol. The highest BCUT2D eigenvalue weighted by Gasteiger charge is 2.42. The predicted molar refractivity (Wildman–Crippen MR) is 78.1 cm³/mol. The summed E-state index contributed by atoms with van der Waals surface area (Å²) >= 11 is 0. The fourth-order valence-corrected chi connectivity index (χ4v) is 2.66. The number of carboxylic acids is 1. The summed E-state index contributed by atoms with van der Waals surface area (Å²) in [6.07, 6.45) is 2.57. The molecule has 1 aliphatic rings. The standard InChI is InChI=1S/C15H20N2O4/c1-21-10-11-5-4-6-12(9-11)16-14(20)17-15(13(18)19)7-2-3-8-15/h4-6,9H,2-3,7-8,10H2,1H3,(H,18,19)(H2,16,17,20). The van der Waals surface area contributed by atoms with Gasteiger partial charge in [0.25, 0.3) is 0 Å². The summed E-state index contributed by atoms with van der Waals surface area (Å²) in [5, 5.41) is 14.6. The Balaban J connectivity index is 2.01. The number of carbonyl (C=O) groups is 2. The van der Waals surface area contributed by atoms with Crippen LogP contribution in [0.25, 0.3) is 0 Å². The van der Waals surface area contributed by atoms with Gasteiger partial charge in [-0.05, 0) is 30.5 Å². The van der Waals surface area contributed by atoms with E-state index in [0.29, 0.717) is 25.1 Å². The highest BCUT2D eigenvalue weighted by molar-refractivity contribution is 5.94. The zero-order valence-electron chi connectivity index (χ0n) is 12.0. The van der Waals surface area contributed by atoms with Crippen molar-refractivity contribution < 1.29 is 19.4 Å². The molecule has 0 saturated heterocycles. The van der Waals surface area contributed by atoms with Gasteiger partial charge in [-0.3, -0.25) is 0 Å². The molecule has 0 aromatic heterocycles. The maximum absolute atomic E-state index is 12.0. The molecule has 1 aromatic carbocycles. The molecule has 0 heterocycles. The first-order valence-electron chi connectivity index (χ1n) is 6.96. The molecule has 0 unspecified atom stereocenters. The van der Waals surface area contributed by atoms with Crippen molar-refractivity contribution in [2.75, 3.05) is 12.4 Å².